The fourth-order valence-corrected chi connectivity index (χ4v) is 4.71. The molecule has 0 unspecified atom stereocenters. The maximum atomic E-state index is 13.3. The molecule has 0 spiro atoms. The molecule has 1 saturated heterocycles. The van der Waals surface area contributed by atoms with Crippen LogP contribution >= 0.6 is 0 Å². The van der Waals surface area contributed by atoms with E-state index in [9.17, 15) is 14.7 Å². The Kier molecular flexibility index (Phi) is 6.03. The minimum Gasteiger partial charge on any atom is -0.465 e. The SMILES string of the molecule is CCOC(=O)CNc1ccccc1C(=O)N1C[C@H]2C[C@@H](n3cccn3)[C@H](O)C[C@H]2C1. The molecule has 8 nitrogen and oxygen atoms in total. The van der Waals surface area contributed by atoms with Crippen LogP contribution in [0.15, 0.2) is 42.7 Å². The third-order valence-electron chi connectivity index (χ3n) is 6.15. The van der Waals surface area contributed by atoms with Gasteiger partial charge in [-0.25, -0.2) is 0 Å². The Morgan fingerprint density at radius 2 is 1.97 bits per heavy atom. The zero-order chi connectivity index (χ0) is 21.1. The number of benzene rings is 1. The number of nitrogens with zero attached hydrogens (tertiary/aromatic N) is 3. The van der Waals surface area contributed by atoms with Gasteiger partial charge in [0.05, 0.1) is 24.3 Å². The standard InChI is InChI=1S/C22H28N4O4/c1-2-30-21(28)12-23-18-7-4-3-6-17(18)22(29)25-13-15-10-19(26-9-5-8-24-26)20(27)11-16(15)14-25/h3-9,15-16,19-20,23,27H,2,10-14H2,1H3/t15-,16+,19-,20-/m1/s1. The molecule has 2 aliphatic rings. The van der Waals surface area contributed by atoms with Crippen LogP contribution in [0.1, 0.15) is 36.2 Å². The molecule has 8 heteroatoms. The molecule has 2 heterocycles. The Balaban J connectivity index is 1.44. The molecular formula is C22H28N4O4. The Morgan fingerprint density at radius 3 is 2.70 bits per heavy atom. The third-order valence-corrected chi connectivity index (χ3v) is 6.15. The predicted molar refractivity (Wildman–Crippen MR) is 111 cm³/mol. The van der Waals surface area contributed by atoms with Crippen molar-refractivity contribution in [3.63, 3.8) is 0 Å². The zero-order valence-electron chi connectivity index (χ0n) is 17.1. The quantitative estimate of drug-likeness (QED) is 0.704. The molecule has 1 saturated carbocycles. The fourth-order valence-electron chi connectivity index (χ4n) is 4.71. The molecule has 2 N–H and O–H groups in total. The Labute approximate surface area is 175 Å². The maximum Gasteiger partial charge on any atom is 0.325 e. The minimum atomic E-state index is -0.459. The van der Waals surface area contributed by atoms with Crippen molar-refractivity contribution in [1.29, 1.82) is 0 Å². The smallest absolute Gasteiger partial charge is 0.325 e. The van der Waals surface area contributed by atoms with Gasteiger partial charge in [-0.3, -0.25) is 14.3 Å². The molecule has 30 heavy (non-hydrogen) atoms. The highest BCUT2D eigenvalue weighted by molar-refractivity contribution is 6.00. The van der Waals surface area contributed by atoms with Crippen molar-refractivity contribution in [3.05, 3.63) is 48.3 Å². The van der Waals surface area contributed by atoms with Gasteiger partial charge in [0, 0.05) is 31.2 Å². The van der Waals surface area contributed by atoms with Gasteiger partial charge < -0.3 is 20.1 Å². The number of hydrogen-bond donors (Lipinski definition) is 2. The first kappa shape index (κ1) is 20.4. The number of fused-ring (bicyclic) bond motifs is 1. The normalized spacial score (nSPS) is 25.6. The van der Waals surface area contributed by atoms with Crippen molar-refractivity contribution in [1.82, 2.24) is 14.7 Å². The molecule has 0 bridgehead atoms. The van der Waals surface area contributed by atoms with E-state index in [-0.39, 0.29) is 30.4 Å². The number of nitrogens with one attached hydrogen (secondary N) is 1. The van der Waals surface area contributed by atoms with Gasteiger partial charge in [-0.1, -0.05) is 12.1 Å². The molecule has 0 radical (unpaired) electrons. The average Bonchev–Trinajstić information content (AvgIpc) is 3.41. The largest absolute Gasteiger partial charge is 0.465 e. The van der Waals surface area contributed by atoms with E-state index in [0.717, 1.165) is 6.42 Å². The van der Waals surface area contributed by atoms with Crippen LogP contribution in [0.4, 0.5) is 5.69 Å². The first-order valence-corrected chi connectivity index (χ1v) is 10.5. The summed E-state index contributed by atoms with van der Waals surface area (Å²) in [7, 11) is 0. The summed E-state index contributed by atoms with van der Waals surface area (Å²) in [5, 5.41) is 17.9. The minimum absolute atomic E-state index is 0.0150. The highest BCUT2D eigenvalue weighted by Gasteiger charge is 2.44. The molecule has 1 amide bonds. The maximum absolute atomic E-state index is 13.3. The van der Waals surface area contributed by atoms with Crippen molar-refractivity contribution in [2.75, 3.05) is 31.6 Å². The predicted octanol–water partition coefficient (Wildman–Crippen LogP) is 1.94. The van der Waals surface area contributed by atoms with Crippen LogP contribution in [-0.2, 0) is 9.53 Å². The van der Waals surface area contributed by atoms with E-state index in [2.05, 4.69) is 10.4 Å². The molecule has 2 fully saturated rings. The second-order valence-corrected chi connectivity index (χ2v) is 8.03. The Bertz CT molecular complexity index is 885. The number of rotatable bonds is 6. The van der Waals surface area contributed by atoms with Gasteiger partial charge in [0.25, 0.3) is 5.91 Å². The second kappa shape index (κ2) is 8.87. The highest BCUT2D eigenvalue weighted by Crippen LogP contribution is 2.41. The second-order valence-electron chi connectivity index (χ2n) is 8.03. The first-order valence-electron chi connectivity index (χ1n) is 10.5. The van der Waals surface area contributed by atoms with Crippen molar-refractivity contribution in [2.24, 2.45) is 11.8 Å². The first-order chi connectivity index (χ1) is 14.6. The molecule has 1 aliphatic carbocycles. The topological polar surface area (TPSA) is 96.7 Å². The number of likely N-dealkylation sites (tertiary alicyclic amines) is 1. The number of aliphatic hydroxyl groups excluding tert-OH is 1. The van der Waals surface area contributed by atoms with Gasteiger partial charge in [-0.2, -0.15) is 5.10 Å². The lowest BCUT2D eigenvalue weighted by Crippen LogP contribution is -2.36. The molecular weight excluding hydrogens is 384 g/mol. The van der Waals surface area contributed by atoms with Gasteiger partial charge in [0.15, 0.2) is 0 Å². The molecule has 1 aliphatic heterocycles. The summed E-state index contributed by atoms with van der Waals surface area (Å²) in [6, 6.07) is 9.05. The van der Waals surface area contributed by atoms with Crippen LogP contribution in [0.5, 0.6) is 0 Å². The summed E-state index contributed by atoms with van der Waals surface area (Å²) < 4.78 is 6.78. The number of hydrogen-bond acceptors (Lipinski definition) is 6. The van der Waals surface area contributed by atoms with Gasteiger partial charge in [-0.15, -0.1) is 0 Å². The number of carbonyl (C=O) groups excluding carboxylic acids is 2. The summed E-state index contributed by atoms with van der Waals surface area (Å²) in [6.45, 7) is 3.40. The molecule has 1 aromatic heterocycles. The molecule has 160 valence electrons. The Hall–Kier alpha value is -2.87. The summed E-state index contributed by atoms with van der Waals surface area (Å²) in [4.78, 5) is 26.8. The summed E-state index contributed by atoms with van der Waals surface area (Å²) in [5.41, 5.74) is 1.17. The summed E-state index contributed by atoms with van der Waals surface area (Å²) in [6.07, 6.45) is 4.63. The van der Waals surface area contributed by atoms with Crippen LogP contribution in [0.25, 0.3) is 0 Å². The monoisotopic (exact) mass is 412 g/mol. The summed E-state index contributed by atoms with van der Waals surface area (Å²) >= 11 is 0. The number of esters is 1. The Morgan fingerprint density at radius 1 is 1.20 bits per heavy atom. The van der Waals surface area contributed by atoms with Crippen LogP contribution in [-0.4, -0.2) is 64.0 Å². The van der Waals surface area contributed by atoms with E-state index < -0.39 is 6.10 Å². The van der Waals surface area contributed by atoms with Gasteiger partial charge in [-0.05, 0) is 49.8 Å². The van der Waals surface area contributed by atoms with E-state index >= 15 is 0 Å². The number of ether oxygens (including phenoxy) is 1. The molecule has 4 rings (SSSR count). The van der Waals surface area contributed by atoms with Crippen LogP contribution in [0, 0.1) is 11.8 Å². The molecule has 2 aromatic rings. The fraction of sp³-hybridized carbons (Fsp3) is 0.500. The number of para-hydroxylation sites is 1. The lowest BCUT2D eigenvalue weighted by atomic mass is 9.77. The summed E-state index contributed by atoms with van der Waals surface area (Å²) in [5.74, 6) is 0.216. The van der Waals surface area contributed by atoms with Crippen LogP contribution in [0.2, 0.25) is 0 Å². The zero-order valence-corrected chi connectivity index (χ0v) is 17.1. The molecule has 4 atom stereocenters. The van der Waals surface area contributed by atoms with Gasteiger partial charge in [0.2, 0.25) is 0 Å². The van der Waals surface area contributed by atoms with Gasteiger partial charge in [0.1, 0.15) is 6.54 Å². The highest BCUT2D eigenvalue weighted by atomic mass is 16.5. The van der Waals surface area contributed by atoms with Crippen LogP contribution < -0.4 is 5.32 Å². The number of aromatic nitrogens is 2. The van der Waals surface area contributed by atoms with E-state index in [1.54, 1.807) is 25.3 Å². The van der Waals surface area contributed by atoms with Crippen molar-refractivity contribution in [3.8, 4) is 0 Å². The van der Waals surface area contributed by atoms with Gasteiger partial charge >= 0.3 is 5.97 Å². The van der Waals surface area contributed by atoms with E-state index in [4.69, 9.17) is 4.74 Å². The van der Waals surface area contributed by atoms with Crippen LogP contribution in [0.3, 0.4) is 0 Å². The number of anilines is 1. The van der Waals surface area contributed by atoms with E-state index in [0.29, 0.717) is 43.3 Å². The average molecular weight is 412 g/mol. The molecule has 1 aromatic carbocycles. The number of aliphatic hydroxyl groups is 1. The van der Waals surface area contributed by atoms with E-state index in [1.807, 2.05) is 34.0 Å². The van der Waals surface area contributed by atoms with E-state index in [1.165, 1.54) is 0 Å². The van der Waals surface area contributed by atoms with Crippen molar-refractivity contribution < 1.29 is 19.4 Å². The lowest BCUT2D eigenvalue weighted by molar-refractivity contribution is -0.140. The van der Waals surface area contributed by atoms with Crippen molar-refractivity contribution >= 4 is 17.6 Å². The number of carbonyl (C=O) groups is 2. The third kappa shape index (κ3) is 4.18. The number of amides is 1. The lowest BCUT2D eigenvalue weighted by Gasteiger charge is -2.35. The van der Waals surface area contributed by atoms with Crippen molar-refractivity contribution in [2.45, 2.75) is 31.9 Å².